The van der Waals surface area contributed by atoms with Gasteiger partial charge in [-0.05, 0) is 11.1 Å². The Bertz CT molecular complexity index is 482. The van der Waals surface area contributed by atoms with E-state index in [-0.39, 0.29) is 6.04 Å². The van der Waals surface area contributed by atoms with Gasteiger partial charge in [0.2, 0.25) is 0 Å². The molecule has 0 unspecified atom stereocenters. The molecule has 2 aromatic rings. The van der Waals surface area contributed by atoms with E-state index in [0.717, 1.165) is 18.2 Å². The monoisotopic (exact) mass is 270 g/mol. The predicted octanol–water partition coefficient (Wildman–Crippen LogP) is 3.28. The number of nitrogens with zero attached hydrogens (tertiary/aromatic N) is 2. The Morgan fingerprint density at radius 2 is 1.15 bits per heavy atom. The highest BCUT2D eigenvalue weighted by Crippen LogP contribution is 2.29. The minimum atomic E-state index is 0.214. The summed E-state index contributed by atoms with van der Waals surface area (Å²) >= 11 is 0. The first kappa shape index (κ1) is 13.3. The maximum atomic E-state index is 13.2. The number of hydrogen-bond donors (Lipinski definition) is 0. The van der Waals surface area contributed by atoms with Crippen molar-refractivity contribution in [2.24, 2.45) is 0 Å². The molecular weight excluding hydrogens is 251 g/mol. The third-order valence-corrected chi connectivity index (χ3v) is 3.86. The molecule has 1 saturated heterocycles. The average Bonchev–Trinajstić information content (AvgIpc) is 2.52. The molecule has 0 bridgehead atoms. The van der Waals surface area contributed by atoms with Gasteiger partial charge in [0.25, 0.3) is 0 Å². The zero-order valence-corrected chi connectivity index (χ0v) is 11.5. The van der Waals surface area contributed by atoms with E-state index in [2.05, 4.69) is 53.4 Å². The number of benzene rings is 2. The molecule has 0 saturated carbocycles. The molecule has 104 valence electrons. The second-order valence-corrected chi connectivity index (χ2v) is 5.17. The summed E-state index contributed by atoms with van der Waals surface area (Å²) in [5, 5.41) is 0.906. The molecule has 0 aliphatic carbocycles. The molecule has 0 N–H and O–H groups in total. The first-order chi connectivity index (χ1) is 9.84. The fourth-order valence-electron chi connectivity index (χ4n) is 2.84. The van der Waals surface area contributed by atoms with Crippen LogP contribution >= 0.6 is 0 Å². The van der Waals surface area contributed by atoms with Gasteiger partial charge in [-0.2, -0.15) is 0 Å². The van der Waals surface area contributed by atoms with Crippen LogP contribution in [0.15, 0.2) is 60.7 Å². The van der Waals surface area contributed by atoms with Crippen molar-refractivity contribution < 1.29 is 4.48 Å². The molecule has 1 heterocycles. The van der Waals surface area contributed by atoms with Gasteiger partial charge in [0.1, 0.15) is 0 Å². The minimum Gasteiger partial charge on any atom is -0.290 e. The van der Waals surface area contributed by atoms with Crippen LogP contribution in [0.1, 0.15) is 17.2 Å². The van der Waals surface area contributed by atoms with Crippen molar-refractivity contribution in [3.8, 4) is 0 Å². The van der Waals surface area contributed by atoms with Crippen LogP contribution in [-0.2, 0) is 0 Å². The van der Waals surface area contributed by atoms with Crippen LogP contribution in [0.3, 0.4) is 0 Å². The summed E-state index contributed by atoms with van der Waals surface area (Å²) in [6, 6.07) is 21.2. The second kappa shape index (κ2) is 6.16. The zero-order valence-electron chi connectivity index (χ0n) is 11.5. The van der Waals surface area contributed by atoms with Gasteiger partial charge in [0.15, 0.2) is 0 Å². The minimum absolute atomic E-state index is 0.214. The molecular formula is C17H19FN2. The van der Waals surface area contributed by atoms with E-state index in [4.69, 9.17) is 0 Å². The highest BCUT2D eigenvalue weighted by Gasteiger charge is 2.26. The molecule has 0 atom stereocenters. The zero-order chi connectivity index (χ0) is 13.8. The van der Waals surface area contributed by atoms with Crippen LogP contribution < -0.4 is 0 Å². The van der Waals surface area contributed by atoms with Gasteiger partial charge in [0, 0.05) is 26.2 Å². The predicted molar refractivity (Wildman–Crippen MR) is 79.0 cm³/mol. The Labute approximate surface area is 119 Å². The van der Waals surface area contributed by atoms with Crippen LogP contribution in [0.4, 0.5) is 4.48 Å². The van der Waals surface area contributed by atoms with Gasteiger partial charge >= 0.3 is 0 Å². The molecule has 3 rings (SSSR count). The lowest BCUT2D eigenvalue weighted by Gasteiger charge is -2.36. The Balaban J connectivity index is 1.92. The number of rotatable bonds is 3. The summed E-state index contributed by atoms with van der Waals surface area (Å²) in [7, 11) is 0. The smallest absolute Gasteiger partial charge is 0.0602 e. The fraction of sp³-hybridized carbons (Fsp3) is 0.294. The van der Waals surface area contributed by atoms with Gasteiger partial charge < -0.3 is 0 Å². The maximum Gasteiger partial charge on any atom is 0.0602 e. The van der Waals surface area contributed by atoms with Gasteiger partial charge in [-0.15, -0.1) is 9.60 Å². The molecule has 0 spiro atoms. The van der Waals surface area contributed by atoms with Crippen molar-refractivity contribution >= 4 is 0 Å². The summed E-state index contributed by atoms with van der Waals surface area (Å²) in [5.74, 6) is 0. The lowest BCUT2D eigenvalue weighted by atomic mass is 9.96. The maximum absolute atomic E-state index is 13.2. The van der Waals surface area contributed by atoms with E-state index in [1.165, 1.54) is 11.1 Å². The second-order valence-electron chi connectivity index (χ2n) is 5.17. The molecule has 0 radical (unpaired) electrons. The number of piperazine rings is 1. The summed E-state index contributed by atoms with van der Waals surface area (Å²) in [6.07, 6.45) is 0. The molecule has 1 fully saturated rings. The number of hydrogen-bond acceptors (Lipinski definition) is 2. The summed E-state index contributed by atoms with van der Waals surface area (Å²) < 4.78 is 13.2. The lowest BCUT2D eigenvalue weighted by molar-refractivity contribution is -0.0286. The van der Waals surface area contributed by atoms with Crippen LogP contribution in [0, 0.1) is 0 Å². The molecule has 2 nitrogen and oxygen atoms in total. The highest BCUT2D eigenvalue weighted by molar-refractivity contribution is 5.31. The van der Waals surface area contributed by atoms with Crippen molar-refractivity contribution in [3.05, 3.63) is 71.8 Å². The van der Waals surface area contributed by atoms with Crippen molar-refractivity contribution in [2.75, 3.05) is 26.2 Å². The molecule has 0 aromatic heterocycles. The normalized spacial score (nSPS) is 17.5. The molecule has 3 heteroatoms. The average molecular weight is 270 g/mol. The van der Waals surface area contributed by atoms with E-state index in [1.807, 2.05) is 12.1 Å². The van der Waals surface area contributed by atoms with Crippen molar-refractivity contribution in [1.29, 1.82) is 0 Å². The standard InChI is InChI=1S/C17H19FN2/c18-20-13-11-19(12-14-20)17(15-7-3-1-4-8-15)16-9-5-2-6-10-16/h1-10,17H,11-14H2. The molecule has 1 aliphatic rings. The van der Waals surface area contributed by atoms with Gasteiger partial charge in [0.05, 0.1) is 6.04 Å². The SMILES string of the molecule is FN1CCN(C(c2ccccc2)c2ccccc2)CC1. The van der Waals surface area contributed by atoms with E-state index >= 15 is 0 Å². The molecule has 20 heavy (non-hydrogen) atoms. The topological polar surface area (TPSA) is 6.48 Å². The highest BCUT2D eigenvalue weighted by atomic mass is 19.2. The Kier molecular flexibility index (Phi) is 4.09. The van der Waals surface area contributed by atoms with Gasteiger partial charge in [-0.1, -0.05) is 60.7 Å². The van der Waals surface area contributed by atoms with Crippen molar-refractivity contribution in [1.82, 2.24) is 10.0 Å². The molecule has 2 aromatic carbocycles. The Hall–Kier alpha value is -1.71. The third-order valence-electron chi connectivity index (χ3n) is 3.86. The first-order valence-electron chi connectivity index (χ1n) is 7.09. The van der Waals surface area contributed by atoms with Crippen molar-refractivity contribution in [2.45, 2.75) is 6.04 Å². The Morgan fingerprint density at radius 3 is 1.60 bits per heavy atom. The van der Waals surface area contributed by atoms with Crippen LogP contribution in [0.2, 0.25) is 0 Å². The summed E-state index contributed by atoms with van der Waals surface area (Å²) in [4.78, 5) is 2.36. The largest absolute Gasteiger partial charge is 0.290 e. The van der Waals surface area contributed by atoms with Crippen LogP contribution in [0.5, 0.6) is 0 Å². The van der Waals surface area contributed by atoms with Gasteiger partial charge in [-0.3, -0.25) is 4.90 Å². The third kappa shape index (κ3) is 2.89. The molecule has 1 aliphatic heterocycles. The van der Waals surface area contributed by atoms with Crippen LogP contribution in [-0.4, -0.2) is 36.2 Å². The number of halogens is 1. The van der Waals surface area contributed by atoms with Crippen LogP contribution in [0.25, 0.3) is 0 Å². The van der Waals surface area contributed by atoms with E-state index < -0.39 is 0 Å². The van der Waals surface area contributed by atoms with Crippen molar-refractivity contribution in [3.63, 3.8) is 0 Å². The van der Waals surface area contributed by atoms with E-state index in [9.17, 15) is 4.48 Å². The van der Waals surface area contributed by atoms with E-state index in [0.29, 0.717) is 13.1 Å². The fourth-order valence-corrected chi connectivity index (χ4v) is 2.84. The first-order valence-corrected chi connectivity index (χ1v) is 7.09. The Morgan fingerprint density at radius 1 is 0.700 bits per heavy atom. The van der Waals surface area contributed by atoms with E-state index in [1.54, 1.807) is 0 Å². The quantitative estimate of drug-likeness (QED) is 0.790. The summed E-state index contributed by atoms with van der Waals surface area (Å²) in [5.41, 5.74) is 2.54. The summed E-state index contributed by atoms with van der Waals surface area (Å²) in [6.45, 7) is 2.47. The lowest BCUT2D eigenvalue weighted by Crippen LogP contribution is -2.44. The van der Waals surface area contributed by atoms with Gasteiger partial charge in [-0.25, -0.2) is 0 Å². The molecule has 0 amide bonds.